The zero-order chi connectivity index (χ0) is 12.4. The average molecular weight is 253 g/mol. The molecule has 0 spiro atoms. The number of halogens is 1. The van der Waals surface area contributed by atoms with Gasteiger partial charge in [0.15, 0.2) is 0 Å². The minimum absolute atomic E-state index is 0.308. The monoisotopic (exact) mass is 252 g/mol. The van der Waals surface area contributed by atoms with E-state index in [9.17, 15) is 4.79 Å². The average Bonchev–Trinajstić information content (AvgIpc) is 2.55. The molecule has 0 aliphatic heterocycles. The Kier molecular flexibility index (Phi) is 3.72. The lowest BCUT2D eigenvalue weighted by Gasteiger charge is -2.14. The summed E-state index contributed by atoms with van der Waals surface area (Å²) in [7, 11) is 1.41. The highest BCUT2D eigenvalue weighted by Gasteiger charge is 2.22. The Morgan fingerprint density at radius 2 is 2.00 bits per heavy atom. The predicted molar refractivity (Wildman–Crippen MR) is 68.8 cm³/mol. The molecule has 1 aromatic rings. The van der Waals surface area contributed by atoms with Crippen molar-refractivity contribution in [3.05, 3.63) is 33.3 Å². The van der Waals surface area contributed by atoms with Crippen LogP contribution in [0.1, 0.15) is 46.3 Å². The fourth-order valence-corrected chi connectivity index (χ4v) is 2.77. The van der Waals surface area contributed by atoms with Gasteiger partial charge in [-0.3, -0.25) is 0 Å². The van der Waals surface area contributed by atoms with Crippen molar-refractivity contribution < 1.29 is 9.53 Å². The van der Waals surface area contributed by atoms with Gasteiger partial charge in [0.05, 0.1) is 17.7 Å². The van der Waals surface area contributed by atoms with Gasteiger partial charge in [-0.25, -0.2) is 4.79 Å². The van der Waals surface area contributed by atoms with Crippen LogP contribution in [0.3, 0.4) is 0 Å². The second kappa shape index (κ2) is 5.09. The number of aryl methyl sites for hydroxylation is 2. The Hall–Kier alpha value is -1.02. The van der Waals surface area contributed by atoms with E-state index in [0.29, 0.717) is 10.6 Å². The Balaban J connectivity index is 2.61. The van der Waals surface area contributed by atoms with Gasteiger partial charge in [-0.05, 0) is 49.3 Å². The maximum absolute atomic E-state index is 11.9. The third-order valence-electron chi connectivity index (χ3n) is 3.41. The highest BCUT2D eigenvalue weighted by atomic mass is 35.5. The van der Waals surface area contributed by atoms with Gasteiger partial charge in [0.25, 0.3) is 0 Å². The molecular weight excluding hydrogens is 236 g/mol. The molecule has 0 fully saturated rings. The van der Waals surface area contributed by atoms with Gasteiger partial charge in [-0.1, -0.05) is 24.1 Å². The van der Waals surface area contributed by atoms with Gasteiger partial charge in [0.1, 0.15) is 0 Å². The summed E-state index contributed by atoms with van der Waals surface area (Å²) in [6.45, 7) is 1.94. The summed E-state index contributed by atoms with van der Waals surface area (Å²) < 4.78 is 4.86. The molecule has 0 N–H and O–H groups in total. The van der Waals surface area contributed by atoms with E-state index in [1.165, 1.54) is 25.5 Å². The zero-order valence-corrected chi connectivity index (χ0v) is 11.1. The molecule has 92 valence electrons. The first kappa shape index (κ1) is 12.4. The molecule has 0 saturated heterocycles. The number of ether oxygens (including phenoxy) is 1. The number of hydrogen-bond acceptors (Lipinski definition) is 2. The number of hydrogen-bond donors (Lipinski definition) is 0. The fraction of sp³-hybridized carbons (Fsp3) is 0.500. The Labute approximate surface area is 107 Å². The molecule has 1 aliphatic carbocycles. The first-order valence-electron chi connectivity index (χ1n) is 6.04. The molecule has 0 atom stereocenters. The van der Waals surface area contributed by atoms with Crippen molar-refractivity contribution in [3.63, 3.8) is 0 Å². The first-order valence-corrected chi connectivity index (χ1v) is 6.42. The van der Waals surface area contributed by atoms with Gasteiger partial charge >= 0.3 is 5.97 Å². The quantitative estimate of drug-likeness (QED) is 0.563. The largest absolute Gasteiger partial charge is 0.465 e. The number of carbonyl (C=O) groups is 1. The first-order chi connectivity index (χ1) is 8.15. The molecule has 1 aromatic carbocycles. The second-order valence-electron chi connectivity index (χ2n) is 4.57. The Morgan fingerprint density at radius 3 is 2.71 bits per heavy atom. The highest BCUT2D eigenvalue weighted by Crippen LogP contribution is 2.32. The topological polar surface area (TPSA) is 26.3 Å². The van der Waals surface area contributed by atoms with E-state index in [0.717, 1.165) is 30.4 Å². The van der Waals surface area contributed by atoms with Gasteiger partial charge in [-0.2, -0.15) is 0 Å². The van der Waals surface area contributed by atoms with Gasteiger partial charge in [0, 0.05) is 0 Å². The third-order valence-corrected chi connectivity index (χ3v) is 3.90. The summed E-state index contributed by atoms with van der Waals surface area (Å²) in [5.74, 6) is -0.308. The number of methoxy groups -OCH3 is 1. The van der Waals surface area contributed by atoms with Crippen molar-refractivity contribution >= 4 is 17.6 Å². The van der Waals surface area contributed by atoms with Crippen molar-refractivity contribution in [2.75, 3.05) is 7.11 Å². The van der Waals surface area contributed by atoms with Crippen LogP contribution in [0.2, 0.25) is 5.02 Å². The maximum atomic E-state index is 11.9. The number of esters is 1. The normalized spacial score (nSPS) is 15.0. The van der Waals surface area contributed by atoms with E-state index >= 15 is 0 Å². The molecular formula is C14H17ClO2. The lowest BCUT2D eigenvalue weighted by Crippen LogP contribution is -2.10. The predicted octanol–water partition coefficient (Wildman–Crippen LogP) is 3.70. The van der Waals surface area contributed by atoms with Crippen LogP contribution in [-0.2, 0) is 17.6 Å². The zero-order valence-electron chi connectivity index (χ0n) is 10.3. The summed E-state index contributed by atoms with van der Waals surface area (Å²) in [4.78, 5) is 11.9. The molecule has 0 amide bonds. The van der Waals surface area contributed by atoms with Crippen LogP contribution in [0.25, 0.3) is 0 Å². The van der Waals surface area contributed by atoms with Crippen molar-refractivity contribution in [1.82, 2.24) is 0 Å². The second-order valence-corrected chi connectivity index (χ2v) is 4.95. The SMILES string of the molecule is COC(=O)c1c(Cl)c(C)cc2c1CCCCC2. The van der Waals surface area contributed by atoms with Crippen LogP contribution < -0.4 is 0 Å². The molecule has 1 aliphatic rings. The van der Waals surface area contributed by atoms with Gasteiger partial charge in [0.2, 0.25) is 0 Å². The maximum Gasteiger partial charge on any atom is 0.339 e. The molecule has 0 radical (unpaired) electrons. The Morgan fingerprint density at radius 1 is 1.29 bits per heavy atom. The third kappa shape index (κ3) is 2.32. The van der Waals surface area contributed by atoms with Gasteiger partial charge < -0.3 is 4.74 Å². The molecule has 0 aromatic heterocycles. The van der Waals surface area contributed by atoms with Crippen LogP contribution in [0, 0.1) is 6.92 Å². The van der Waals surface area contributed by atoms with Crippen molar-refractivity contribution in [2.24, 2.45) is 0 Å². The van der Waals surface area contributed by atoms with E-state index in [-0.39, 0.29) is 5.97 Å². The van der Waals surface area contributed by atoms with E-state index in [4.69, 9.17) is 16.3 Å². The minimum Gasteiger partial charge on any atom is -0.465 e. The summed E-state index contributed by atoms with van der Waals surface area (Å²) in [5.41, 5.74) is 3.92. The van der Waals surface area contributed by atoms with Crippen LogP contribution in [0.15, 0.2) is 6.07 Å². The van der Waals surface area contributed by atoms with Crippen LogP contribution in [-0.4, -0.2) is 13.1 Å². The van der Waals surface area contributed by atoms with Crippen LogP contribution in [0.5, 0.6) is 0 Å². The molecule has 0 saturated carbocycles. The van der Waals surface area contributed by atoms with E-state index in [2.05, 4.69) is 6.07 Å². The van der Waals surface area contributed by atoms with Crippen molar-refractivity contribution in [2.45, 2.75) is 39.0 Å². The van der Waals surface area contributed by atoms with E-state index < -0.39 is 0 Å². The number of rotatable bonds is 1. The molecule has 0 heterocycles. The van der Waals surface area contributed by atoms with Crippen LogP contribution in [0.4, 0.5) is 0 Å². The summed E-state index contributed by atoms with van der Waals surface area (Å²) in [6.07, 6.45) is 5.49. The minimum atomic E-state index is -0.308. The smallest absolute Gasteiger partial charge is 0.339 e. The summed E-state index contributed by atoms with van der Waals surface area (Å²) >= 11 is 6.26. The fourth-order valence-electron chi connectivity index (χ4n) is 2.52. The summed E-state index contributed by atoms with van der Waals surface area (Å²) in [5, 5.41) is 0.553. The number of carbonyl (C=O) groups excluding carboxylic acids is 1. The van der Waals surface area contributed by atoms with Gasteiger partial charge in [-0.15, -0.1) is 0 Å². The molecule has 2 nitrogen and oxygen atoms in total. The van der Waals surface area contributed by atoms with Crippen molar-refractivity contribution in [3.8, 4) is 0 Å². The molecule has 3 heteroatoms. The van der Waals surface area contributed by atoms with E-state index in [1.54, 1.807) is 0 Å². The highest BCUT2D eigenvalue weighted by molar-refractivity contribution is 6.34. The number of benzene rings is 1. The van der Waals surface area contributed by atoms with Crippen LogP contribution >= 0.6 is 11.6 Å². The van der Waals surface area contributed by atoms with Crippen molar-refractivity contribution in [1.29, 1.82) is 0 Å². The lowest BCUT2D eigenvalue weighted by atomic mass is 9.94. The summed E-state index contributed by atoms with van der Waals surface area (Å²) in [6, 6.07) is 2.12. The molecule has 0 unspecified atom stereocenters. The molecule has 2 rings (SSSR count). The number of fused-ring (bicyclic) bond motifs is 1. The molecule has 17 heavy (non-hydrogen) atoms. The Bertz CT molecular complexity index is 452. The van der Waals surface area contributed by atoms with E-state index in [1.807, 2.05) is 6.92 Å². The lowest BCUT2D eigenvalue weighted by molar-refractivity contribution is 0.0599. The molecule has 0 bridgehead atoms. The standard InChI is InChI=1S/C14H17ClO2/c1-9-8-10-6-4-3-5-7-11(10)12(13(9)15)14(16)17-2/h8H,3-7H2,1-2H3.